The van der Waals surface area contributed by atoms with Crippen molar-refractivity contribution >= 4 is 5.97 Å². The molecular formula is C28H30O4. The summed E-state index contributed by atoms with van der Waals surface area (Å²) in [6.07, 6.45) is 3.69. The molecule has 32 heavy (non-hydrogen) atoms. The van der Waals surface area contributed by atoms with E-state index in [0.29, 0.717) is 23.8 Å². The molecule has 0 fully saturated rings. The van der Waals surface area contributed by atoms with Gasteiger partial charge in [-0.3, -0.25) is 0 Å². The Bertz CT molecular complexity index is 989. The lowest BCUT2D eigenvalue weighted by molar-refractivity contribution is 0.0734. The minimum absolute atomic E-state index is 0.398. The minimum atomic E-state index is -0.398. The Balaban J connectivity index is 1.56. The van der Waals surface area contributed by atoms with Crippen LogP contribution < -0.4 is 14.2 Å². The lowest BCUT2D eigenvalue weighted by Gasteiger charge is -2.11. The summed E-state index contributed by atoms with van der Waals surface area (Å²) in [5.41, 5.74) is 2.58. The summed E-state index contributed by atoms with van der Waals surface area (Å²) in [6, 6.07) is 22.4. The molecule has 0 aromatic heterocycles. The number of hydrogen-bond acceptors (Lipinski definition) is 4. The largest absolute Gasteiger partial charge is 0.493 e. The van der Waals surface area contributed by atoms with Crippen LogP contribution in [-0.4, -0.2) is 19.2 Å². The molecule has 166 valence electrons. The van der Waals surface area contributed by atoms with E-state index >= 15 is 0 Å². The molecule has 3 rings (SSSR count). The summed E-state index contributed by atoms with van der Waals surface area (Å²) in [5.74, 6) is 2.21. The van der Waals surface area contributed by atoms with Gasteiger partial charge in [-0.1, -0.05) is 50.6 Å². The molecule has 0 heterocycles. The molecule has 0 aliphatic rings. The number of carbonyl (C=O) groups excluding carboxylic acids is 1. The standard InChI is InChI=1S/C28H30O4/c1-4-6-19-30-25-15-17-27(18-16-25)32-28(29)24-9-7-22(8-10-24)23-11-13-26(14-12-23)31-20-21(3)5-2/h4,7-18,21H,1,5-6,19-20H2,2-3H3. The van der Waals surface area contributed by atoms with Crippen molar-refractivity contribution in [3.05, 3.63) is 91.0 Å². The van der Waals surface area contributed by atoms with Gasteiger partial charge in [-0.05, 0) is 72.0 Å². The fourth-order valence-corrected chi connectivity index (χ4v) is 2.93. The molecule has 0 bridgehead atoms. The highest BCUT2D eigenvalue weighted by atomic mass is 16.5. The Morgan fingerprint density at radius 1 is 0.844 bits per heavy atom. The van der Waals surface area contributed by atoms with Gasteiger partial charge in [0.2, 0.25) is 0 Å². The lowest BCUT2D eigenvalue weighted by atomic mass is 10.0. The van der Waals surface area contributed by atoms with Gasteiger partial charge in [0.1, 0.15) is 17.2 Å². The van der Waals surface area contributed by atoms with E-state index in [-0.39, 0.29) is 0 Å². The van der Waals surface area contributed by atoms with E-state index in [9.17, 15) is 4.79 Å². The maximum atomic E-state index is 12.5. The smallest absolute Gasteiger partial charge is 0.343 e. The van der Waals surface area contributed by atoms with Gasteiger partial charge in [-0.15, -0.1) is 6.58 Å². The average molecular weight is 431 g/mol. The summed E-state index contributed by atoms with van der Waals surface area (Å²) in [7, 11) is 0. The molecule has 0 saturated heterocycles. The first-order valence-electron chi connectivity index (χ1n) is 11.0. The molecule has 0 radical (unpaired) electrons. The number of ether oxygens (including phenoxy) is 3. The first-order chi connectivity index (χ1) is 15.6. The molecule has 0 N–H and O–H groups in total. The van der Waals surface area contributed by atoms with Crippen LogP contribution in [0.15, 0.2) is 85.5 Å². The summed E-state index contributed by atoms with van der Waals surface area (Å²) in [4.78, 5) is 12.5. The van der Waals surface area contributed by atoms with Crippen LogP contribution in [0.1, 0.15) is 37.0 Å². The third kappa shape index (κ3) is 6.74. The van der Waals surface area contributed by atoms with Crippen molar-refractivity contribution in [3.8, 4) is 28.4 Å². The van der Waals surface area contributed by atoms with E-state index in [2.05, 4.69) is 20.4 Å². The third-order valence-electron chi connectivity index (χ3n) is 5.16. The van der Waals surface area contributed by atoms with Gasteiger partial charge in [0, 0.05) is 0 Å². The zero-order chi connectivity index (χ0) is 22.8. The third-order valence-corrected chi connectivity index (χ3v) is 5.16. The second-order valence-corrected chi connectivity index (χ2v) is 7.71. The molecule has 1 atom stereocenters. The van der Waals surface area contributed by atoms with Crippen LogP contribution >= 0.6 is 0 Å². The van der Waals surface area contributed by atoms with Gasteiger partial charge in [-0.2, -0.15) is 0 Å². The number of carbonyl (C=O) groups is 1. The molecule has 3 aromatic rings. The summed E-state index contributed by atoms with van der Waals surface area (Å²) in [5, 5.41) is 0. The quantitative estimate of drug-likeness (QED) is 0.143. The minimum Gasteiger partial charge on any atom is -0.493 e. The second kappa shape index (κ2) is 11.8. The summed E-state index contributed by atoms with van der Waals surface area (Å²) >= 11 is 0. The summed E-state index contributed by atoms with van der Waals surface area (Å²) in [6.45, 7) is 9.30. The predicted octanol–water partition coefficient (Wildman–Crippen LogP) is 6.95. The zero-order valence-corrected chi connectivity index (χ0v) is 18.8. The van der Waals surface area contributed by atoms with E-state index in [0.717, 1.165) is 42.1 Å². The van der Waals surface area contributed by atoms with Crippen molar-refractivity contribution in [3.63, 3.8) is 0 Å². The molecular weight excluding hydrogens is 400 g/mol. The molecule has 0 saturated carbocycles. The number of esters is 1. The normalized spacial score (nSPS) is 11.4. The lowest BCUT2D eigenvalue weighted by Crippen LogP contribution is -2.08. The predicted molar refractivity (Wildman–Crippen MR) is 129 cm³/mol. The Morgan fingerprint density at radius 2 is 1.38 bits per heavy atom. The van der Waals surface area contributed by atoms with E-state index in [1.165, 1.54) is 0 Å². The van der Waals surface area contributed by atoms with E-state index in [1.54, 1.807) is 42.5 Å². The van der Waals surface area contributed by atoms with E-state index < -0.39 is 5.97 Å². The fourth-order valence-electron chi connectivity index (χ4n) is 2.93. The molecule has 0 amide bonds. The number of hydrogen-bond donors (Lipinski definition) is 0. The van der Waals surface area contributed by atoms with Gasteiger partial charge in [0.05, 0.1) is 18.8 Å². The zero-order valence-electron chi connectivity index (χ0n) is 18.8. The van der Waals surface area contributed by atoms with Crippen molar-refractivity contribution in [1.82, 2.24) is 0 Å². The van der Waals surface area contributed by atoms with Gasteiger partial charge in [-0.25, -0.2) is 4.79 Å². The Labute approximate surface area is 190 Å². The van der Waals surface area contributed by atoms with Crippen molar-refractivity contribution in [2.24, 2.45) is 5.92 Å². The van der Waals surface area contributed by atoms with Gasteiger partial charge in [0.15, 0.2) is 0 Å². The number of benzene rings is 3. The van der Waals surface area contributed by atoms with Crippen LogP contribution in [0.3, 0.4) is 0 Å². The van der Waals surface area contributed by atoms with Crippen LogP contribution in [-0.2, 0) is 0 Å². The molecule has 3 aromatic carbocycles. The van der Waals surface area contributed by atoms with Crippen LogP contribution in [0.5, 0.6) is 17.2 Å². The Hall–Kier alpha value is -3.53. The fraction of sp³-hybridized carbons (Fsp3) is 0.250. The SMILES string of the molecule is C=CCCOc1ccc(OC(=O)c2ccc(-c3ccc(OCC(C)CC)cc3)cc2)cc1. The van der Waals surface area contributed by atoms with E-state index in [4.69, 9.17) is 14.2 Å². The molecule has 1 unspecified atom stereocenters. The maximum absolute atomic E-state index is 12.5. The molecule has 0 aliphatic carbocycles. The van der Waals surface area contributed by atoms with E-state index in [1.807, 2.05) is 36.4 Å². The number of rotatable bonds is 11. The van der Waals surface area contributed by atoms with Crippen molar-refractivity contribution in [2.75, 3.05) is 13.2 Å². The van der Waals surface area contributed by atoms with Crippen molar-refractivity contribution in [1.29, 1.82) is 0 Å². The van der Waals surface area contributed by atoms with Crippen molar-refractivity contribution < 1.29 is 19.0 Å². The topological polar surface area (TPSA) is 44.8 Å². The average Bonchev–Trinajstić information content (AvgIpc) is 2.84. The highest BCUT2D eigenvalue weighted by Gasteiger charge is 2.10. The van der Waals surface area contributed by atoms with Crippen LogP contribution in [0.25, 0.3) is 11.1 Å². The monoisotopic (exact) mass is 430 g/mol. The first kappa shape index (κ1) is 23.1. The van der Waals surface area contributed by atoms with Gasteiger partial charge in [0.25, 0.3) is 0 Å². The second-order valence-electron chi connectivity index (χ2n) is 7.71. The molecule has 4 nitrogen and oxygen atoms in total. The highest BCUT2D eigenvalue weighted by Crippen LogP contribution is 2.24. The van der Waals surface area contributed by atoms with Crippen molar-refractivity contribution in [2.45, 2.75) is 26.7 Å². The van der Waals surface area contributed by atoms with Gasteiger partial charge >= 0.3 is 5.97 Å². The first-order valence-corrected chi connectivity index (χ1v) is 11.0. The van der Waals surface area contributed by atoms with Crippen LogP contribution in [0.4, 0.5) is 0 Å². The Morgan fingerprint density at radius 3 is 1.97 bits per heavy atom. The van der Waals surface area contributed by atoms with Crippen LogP contribution in [0.2, 0.25) is 0 Å². The van der Waals surface area contributed by atoms with Crippen LogP contribution in [0, 0.1) is 5.92 Å². The molecule has 4 heteroatoms. The Kier molecular flexibility index (Phi) is 8.50. The maximum Gasteiger partial charge on any atom is 0.343 e. The highest BCUT2D eigenvalue weighted by molar-refractivity contribution is 5.91. The summed E-state index contributed by atoms with van der Waals surface area (Å²) < 4.78 is 16.8. The van der Waals surface area contributed by atoms with Gasteiger partial charge < -0.3 is 14.2 Å². The molecule has 0 spiro atoms. The molecule has 0 aliphatic heterocycles.